The number of para-hydroxylation sites is 1. The van der Waals surface area contributed by atoms with Gasteiger partial charge in [0.2, 0.25) is 0 Å². The summed E-state index contributed by atoms with van der Waals surface area (Å²) in [5, 5.41) is 0. The van der Waals surface area contributed by atoms with Crippen LogP contribution >= 0.6 is 0 Å². The Hall–Kier alpha value is -2.49. The molecule has 0 saturated heterocycles. The van der Waals surface area contributed by atoms with E-state index in [1.54, 1.807) is 6.20 Å². The third-order valence-electron chi connectivity index (χ3n) is 4.40. The van der Waals surface area contributed by atoms with Gasteiger partial charge in [-0.05, 0) is 35.1 Å². The van der Waals surface area contributed by atoms with Crippen molar-refractivity contribution in [1.29, 1.82) is 0 Å². The minimum atomic E-state index is -0.611. The molecule has 0 N–H and O–H groups in total. The fourth-order valence-electron chi connectivity index (χ4n) is 3.14. The minimum Gasteiger partial charge on any atom is -0.299 e. The largest absolute Gasteiger partial charge is 0.299 e. The standard InChI is InChI=1S/C21H22F2N2/c1-13(2)16-6-5-7-17(14(3)4)20(16)25-11-10-24-21(25)18-9-8-15(22)12-19(18)23/h5-14H,1-4H3. The Labute approximate surface area is 147 Å². The van der Waals surface area contributed by atoms with Gasteiger partial charge in [0.15, 0.2) is 0 Å². The summed E-state index contributed by atoms with van der Waals surface area (Å²) in [6.45, 7) is 8.55. The van der Waals surface area contributed by atoms with Gasteiger partial charge in [0.25, 0.3) is 0 Å². The highest BCUT2D eigenvalue weighted by molar-refractivity contribution is 5.62. The van der Waals surface area contributed by atoms with Gasteiger partial charge in [-0.1, -0.05) is 45.9 Å². The molecule has 0 saturated carbocycles. The van der Waals surface area contributed by atoms with E-state index < -0.39 is 11.6 Å². The lowest BCUT2D eigenvalue weighted by molar-refractivity contribution is 0.584. The van der Waals surface area contributed by atoms with E-state index in [4.69, 9.17) is 0 Å². The molecule has 0 spiro atoms. The smallest absolute Gasteiger partial charge is 0.147 e. The molecule has 0 unspecified atom stereocenters. The van der Waals surface area contributed by atoms with Gasteiger partial charge < -0.3 is 0 Å². The fourth-order valence-corrected chi connectivity index (χ4v) is 3.14. The van der Waals surface area contributed by atoms with Crippen molar-refractivity contribution in [2.75, 3.05) is 0 Å². The molecule has 4 heteroatoms. The van der Waals surface area contributed by atoms with Gasteiger partial charge in [-0.15, -0.1) is 0 Å². The Morgan fingerprint density at radius 3 is 2.12 bits per heavy atom. The van der Waals surface area contributed by atoms with Crippen molar-refractivity contribution >= 4 is 0 Å². The number of nitrogens with zero attached hydrogens (tertiary/aromatic N) is 2. The fraction of sp³-hybridized carbons (Fsp3) is 0.286. The molecule has 0 atom stereocenters. The number of rotatable bonds is 4. The Balaban J connectivity index is 2.28. The molecule has 0 fully saturated rings. The second-order valence-electron chi connectivity index (χ2n) is 6.84. The SMILES string of the molecule is CC(C)c1cccc(C(C)C)c1-n1ccnc1-c1ccc(F)cc1F. The zero-order valence-corrected chi connectivity index (χ0v) is 14.9. The van der Waals surface area contributed by atoms with Crippen LogP contribution in [-0.2, 0) is 0 Å². The van der Waals surface area contributed by atoms with Crippen molar-refractivity contribution in [2.24, 2.45) is 0 Å². The van der Waals surface area contributed by atoms with E-state index in [1.165, 1.54) is 23.3 Å². The van der Waals surface area contributed by atoms with Crippen LogP contribution in [0.4, 0.5) is 8.78 Å². The summed E-state index contributed by atoms with van der Waals surface area (Å²) < 4.78 is 29.5. The average molecular weight is 340 g/mol. The summed E-state index contributed by atoms with van der Waals surface area (Å²) in [4.78, 5) is 4.35. The molecule has 1 aromatic heterocycles. The van der Waals surface area contributed by atoms with Gasteiger partial charge in [-0.25, -0.2) is 13.8 Å². The lowest BCUT2D eigenvalue weighted by Crippen LogP contribution is -2.08. The van der Waals surface area contributed by atoms with Gasteiger partial charge in [-0.2, -0.15) is 0 Å². The second-order valence-corrected chi connectivity index (χ2v) is 6.84. The molecular formula is C21H22F2N2. The van der Waals surface area contributed by atoms with Crippen molar-refractivity contribution in [3.8, 4) is 17.1 Å². The van der Waals surface area contributed by atoms with Gasteiger partial charge in [0.05, 0.1) is 11.3 Å². The quantitative estimate of drug-likeness (QED) is 0.564. The molecule has 0 bridgehead atoms. The van der Waals surface area contributed by atoms with E-state index in [-0.39, 0.29) is 0 Å². The van der Waals surface area contributed by atoms with Crippen LogP contribution in [0.5, 0.6) is 0 Å². The van der Waals surface area contributed by atoms with Gasteiger partial charge in [0, 0.05) is 18.5 Å². The Morgan fingerprint density at radius 2 is 1.56 bits per heavy atom. The highest BCUT2D eigenvalue weighted by atomic mass is 19.1. The van der Waals surface area contributed by atoms with Crippen molar-refractivity contribution in [1.82, 2.24) is 9.55 Å². The maximum atomic E-state index is 14.3. The van der Waals surface area contributed by atoms with E-state index in [1.807, 2.05) is 10.8 Å². The summed E-state index contributed by atoms with van der Waals surface area (Å²) in [6.07, 6.45) is 3.49. The van der Waals surface area contributed by atoms with Crippen LogP contribution in [0.3, 0.4) is 0 Å². The Morgan fingerprint density at radius 1 is 0.920 bits per heavy atom. The van der Waals surface area contributed by atoms with E-state index in [0.717, 1.165) is 11.8 Å². The van der Waals surface area contributed by atoms with Crippen LogP contribution < -0.4 is 0 Å². The van der Waals surface area contributed by atoms with E-state index >= 15 is 0 Å². The van der Waals surface area contributed by atoms with Crippen molar-refractivity contribution in [2.45, 2.75) is 39.5 Å². The van der Waals surface area contributed by atoms with Crippen LogP contribution in [0.2, 0.25) is 0 Å². The Kier molecular flexibility index (Phi) is 4.71. The van der Waals surface area contributed by atoms with Crippen LogP contribution in [0.1, 0.15) is 50.7 Å². The molecule has 0 aliphatic rings. The third-order valence-corrected chi connectivity index (χ3v) is 4.40. The second kappa shape index (κ2) is 6.79. The first-order valence-electron chi connectivity index (χ1n) is 8.52. The highest BCUT2D eigenvalue weighted by Crippen LogP contribution is 2.34. The summed E-state index contributed by atoms with van der Waals surface area (Å²) in [5.41, 5.74) is 3.67. The maximum Gasteiger partial charge on any atom is 0.147 e. The number of aromatic nitrogens is 2. The summed E-state index contributed by atoms with van der Waals surface area (Å²) >= 11 is 0. The van der Waals surface area contributed by atoms with Crippen molar-refractivity contribution < 1.29 is 8.78 Å². The molecule has 3 aromatic rings. The zero-order valence-electron chi connectivity index (χ0n) is 14.9. The first-order chi connectivity index (χ1) is 11.9. The summed E-state index contributed by atoms with van der Waals surface area (Å²) in [7, 11) is 0. The monoisotopic (exact) mass is 340 g/mol. The van der Waals surface area contributed by atoms with Crippen molar-refractivity contribution in [3.63, 3.8) is 0 Å². The highest BCUT2D eigenvalue weighted by Gasteiger charge is 2.20. The summed E-state index contributed by atoms with van der Waals surface area (Å²) in [5.74, 6) is -0.109. The third kappa shape index (κ3) is 3.21. The predicted octanol–water partition coefficient (Wildman–Crippen LogP) is 6.06. The summed E-state index contributed by atoms with van der Waals surface area (Å²) in [6, 6.07) is 9.84. The zero-order chi connectivity index (χ0) is 18.1. The molecule has 1 heterocycles. The van der Waals surface area contributed by atoms with Crippen LogP contribution in [0.15, 0.2) is 48.8 Å². The molecule has 2 aromatic carbocycles. The molecule has 130 valence electrons. The van der Waals surface area contributed by atoms with Crippen LogP contribution in [-0.4, -0.2) is 9.55 Å². The Bertz CT molecular complexity index is 868. The lowest BCUT2D eigenvalue weighted by atomic mass is 9.92. The number of halogens is 2. The predicted molar refractivity (Wildman–Crippen MR) is 97.1 cm³/mol. The lowest BCUT2D eigenvalue weighted by Gasteiger charge is -2.21. The van der Waals surface area contributed by atoms with Gasteiger partial charge >= 0.3 is 0 Å². The van der Waals surface area contributed by atoms with Crippen LogP contribution in [0.25, 0.3) is 17.1 Å². The van der Waals surface area contributed by atoms with Gasteiger partial charge in [0.1, 0.15) is 17.5 Å². The number of imidazole rings is 1. The molecule has 25 heavy (non-hydrogen) atoms. The molecule has 0 radical (unpaired) electrons. The van der Waals surface area contributed by atoms with Crippen molar-refractivity contribution in [3.05, 3.63) is 71.6 Å². The van der Waals surface area contributed by atoms with Crippen LogP contribution in [0, 0.1) is 11.6 Å². The van der Waals surface area contributed by atoms with E-state index in [0.29, 0.717) is 23.2 Å². The van der Waals surface area contributed by atoms with Gasteiger partial charge in [-0.3, -0.25) is 4.57 Å². The molecule has 0 aliphatic heterocycles. The molecular weight excluding hydrogens is 318 g/mol. The minimum absolute atomic E-state index is 0.291. The first kappa shape index (κ1) is 17.3. The topological polar surface area (TPSA) is 17.8 Å². The molecule has 0 aliphatic carbocycles. The molecule has 2 nitrogen and oxygen atoms in total. The normalized spacial score (nSPS) is 11.5. The molecule has 3 rings (SSSR count). The van der Waals surface area contributed by atoms with E-state index in [2.05, 4.69) is 50.9 Å². The number of hydrogen-bond donors (Lipinski definition) is 0. The maximum absolute atomic E-state index is 14.3. The van der Waals surface area contributed by atoms with E-state index in [9.17, 15) is 8.78 Å². The number of hydrogen-bond acceptors (Lipinski definition) is 1. The molecule has 0 amide bonds. The first-order valence-corrected chi connectivity index (χ1v) is 8.52. The number of benzene rings is 2. The average Bonchev–Trinajstić information content (AvgIpc) is 3.02.